The number of nitrogens with zero attached hydrogens (tertiary/aromatic N) is 1. The first-order valence-corrected chi connectivity index (χ1v) is 6.26. The SMILES string of the molecule is Nc1c2c(nc3ccccc13)CC1CCC2N1. The highest BCUT2D eigenvalue weighted by atomic mass is 15.0. The molecule has 0 amide bonds. The predicted molar refractivity (Wildman–Crippen MR) is 68.8 cm³/mol. The van der Waals surface area contributed by atoms with Crippen LogP contribution in [0.1, 0.15) is 30.1 Å². The fourth-order valence-corrected chi connectivity index (χ4v) is 3.29. The summed E-state index contributed by atoms with van der Waals surface area (Å²) in [4.78, 5) is 4.80. The van der Waals surface area contributed by atoms with Crippen molar-refractivity contribution in [2.45, 2.75) is 31.3 Å². The van der Waals surface area contributed by atoms with E-state index >= 15 is 0 Å². The summed E-state index contributed by atoms with van der Waals surface area (Å²) in [5, 5.41) is 4.73. The zero-order valence-electron chi connectivity index (χ0n) is 9.61. The highest BCUT2D eigenvalue weighted by Gasteiger charge is 2.34. The van der Waals surface area contributed by atoms with Gasteiger partial charge in [-0.25, -0.2) is 0 Å². The van der Waals surface area contributed by atoms with Gasteiger partial charge in [-0.2, -0.15) is 0 Å². The van der Waals surface area contributed by atoms with Crippen molar-refractivity contribution in [2.75, 3.05) is 5.73 Å². The third-order valence-electron chi connectivity index (χ3n) is 4.08. The van der Waals surface area contributed by atoms with E-state index in [2.05, 4.69) is 17.4 Å². The molecule has 2 unspecified atom stereocenters. The molecule has 1 aromatic carbocycles. The van der Waals surface area contributed by atoms with Gasteiger partial charge in [-0.1, -0.05) is 18.2 Å². The number of hydrogen-bond acceptors (Lipinski definition) is 3. The Morgan fingerprint density at radius 1 is 1.24 bits per heavy atom. The van der Waals surface area contributed by atoms with E-state index in [0.717, 1.165) is 23.0 Å². The Hall–Kier alpha value is -1.61. The van der Waals surface area contributed by atoms with Crippen molar-refractivity contribution in [2.24, 2.45) is 0 Å². The number of nitrogens with two attached hydrogens (primary N) is 1. The summed E-state index contributed by atoms with van der Waals surface area (Å²) in [5.74, 6) is 0. The minimum Gasteiger partial charge on any atom is -0.398 e. The summed E-state index contributed by atoms with van der Waals surface area (Å²) < 4.78 is 0. The maximum Gasteiger partial charge on any atom is 0.0726 e. The summed E-state index contributed by atoms with van der Waals surface area (Å²) in [6, 6.07) is 9.22. The monoisotopic (exact) mass is 225 g/mol. The number of nitrogens with one attached hydrogen (secondary N) is 1. The van der Waals surface area contributed by atoms with Gasteiger partial charge in [0, 0.05) is 40.8 Å². The van der Waals surface area contributed by atoms with E-state index < -0.39 is 0 Å². The largest absolute Gasteiger partial charge is 0.398 e. The second-order valence-corrected chi connectivity index (χ2v) is 5.10. The molecule has 3 nitrogen and oxygen atoms in total. The molecule has 2 atom stereocenters. The number of fused-ring (bicyclic) bond motifs is 5. The topological polar surface area (TPSA) is 50.9 Å². The Bertz CT molecular complexity index is 606. The summed E-state index contributed by atoms with van der Waals surface area (Å²) in [5.41, 5.74) is 10.8. The first-order chi connectivity index (χ1) is 8.33. The van der Waals surface area contributed by atoms with Crippen molar-refractivity contribution in [3.8, 4) is 0 Å². The molecule has 86 valence electrons. The van der Waals surface area contributed by atoms with Crippen LogP contribution in [0.4, 0.5) is 5.69 Å². The highest BCUT2D eigenvalue weighted by Crippen LogP contribution is 2.40. The maximum atomic E-state index is 6.34. The lowest BCUT2D eigenvalue weighted by Crippen LogP contribution is -2.33. The molecule has 3 heterocycles. The second kappa shape index (κ2) is 3.20. The molecule has 1 fully saturated rings. The number of para-hydroxylation sites is 1. The molecule has 0 saturated carbocycles. The van der Waals surface area contributed by atoms with Gasteiger partial charge in [-0.3, -0.25) is 4.98 Å². The lowest BCUT2D eigenvalue weighted by Gasteiger charge is -2.26. The van der Waals surface area contributed by atoms with Crippen molar-refractivity contribution < 1.29 is 0 Å². The van der Waals surface area contributed by atoms with Crippen molar-refractivity contribution in [1.82, 2.24) is 10.3 Å². The number of pyridine rings is 1. The quantitative estimate of drug-likeness (QED) is 0.722. The van der Waals surface area contributed by atoms with Gasteiger partial charge >= 0.3 is 0 Å². The van der Waals surface area contributed by atoms with Gasteiger partial charge in [-0.05, 0) is 18.9 Å². The van der Waals surface area contributed by atoms with Crippen LogP contribution >= 0.6 is 0 Å². The average molecular weight is 225 g/mol. The van der Waals surface area contributed by atoms with Gasteiger partial charge in [0.25, 0.3) is 0 Å². The summed E-state index contributed by atoms with van der Waals surface area (Å²) in [7, 11) is 0. The lowest BCUT2D eigenvalue weighted by atomic mass is 9.96. The van der Waals surface area contributed by atoms with Crippen LogP contribution in [0.25, 0.3) is 10.9 Å². The molecule has 2 aromatic rings. The van der Waals surface area contributed by atoms with Crippen LogP contribution in [-0.4, -0.2) is 11.0 Å². The molecule has 3 N–H and O–H groups in total. The Morgan fingerprint density at radius 2 is 2.12 bits per heavy atom. The Balaban J connectivity index is 2.06. The zero-order chi connectivity index (χ0) is 11.4. The molecule has 1 saturated heterocycles. The van der Waals surface area contributed by atoms with Gasteiger partial charge in [-0.15, -0.1) is 0 Å². The van der Waals surface area contributed by atoms with E-state index in [4.69, 9.17) is 10.7 Å². The molecule has 2 aliphatic heterocycles. The number of rotatable bonds is 0. The minimum absolute atomic E-state index is 0.431. The summed E-state index contributed by atoms with van der Waals surface area (Å²) in [6.07, 6.45) is 3.47. The van der Waals surface area contributed by atoms with Gasteiger partial charge in [0.1, 0.15) is 0 Å². The molecule has 0 aliphatic carbocycles. The van der Waals surface area contributed by atoms with Crippen molar-refractivity contribution in [3.63, 3.8) is 0 Å². The first-order valence-electron chi connectivity index (χ1n) is 6.26. The van der Waals surface area contributed by atoms with E-state index in [1.165, 1.54) is 24.1 Å². The zero-order valence-corrected chi connectivity index (χ0v) is 9.61. The number of benzene rings is 1. The highest BCUT2D eigenvalue weighted by molar-refractivity contribution is 5.92. The minimum atomic E-state index is 0.431. The third kappa shape index (κ3) is 1.23. The van der Waals surface area contributed by atoms with Crippen LogP contribution in [0.2, 0.25) is 0 Å². The van der Waals surface area contributed by atoms with Crippen molar-refractivity contribution in [3.05, 3.63) is 35.5 Å². The summed E-state index contributed by atoms with van der Waals surface area (Å²) >= 11 is 0. The van der Waals surface area contributed by atoms with E-state index in [0.29, 0.717) is 12.1 Å². The molecule has 2 bridgehead atoms. The summed E-state index contributed by atoms with van der Waals surface area (Å²) in [6.45, 7) is 0. The molecule has 4 rings (SSSR count). The van der Waals surface area contributed by atoms with Gasteiger partial charge in [0.2, 0.25) is 0 Å². The number of hydrogen-bond donors (Lipinski definition) is 2. The third-order valence-corrected chi connectivity index (χ3v) is 4.08. The van der Waals surface area contributed by atoms with Crippen LogP contribution < -0.4 is 11.1 Å². The molecule has 17 heavy (non-hydrogen) atoms. The molecule has 0 radical (unpaired) electrons. The Morgan fingerprint density at radius 3 is 3.06 bits per heavy atom. The van der Waals surface area contributed by atoms with Gasteiger partial charge < -0.3 is 11.1 Å². The first kappa shape index (κ1) is 9.42. The second-order valence-electron chi connectivity index (χ2n) is 5.10. The number of aromatic nitrogens is 1. The lowest BCUT2D eigenvalue weighted by molar-refractivity contribution is 0.509. The van der Waals surface area contributed by atoms with E-state index in [9.17, 15) is 0 Å². The molecule has 0 spiro atoms. The van der Waals surface area contributed by atoms with Crippen molar-refractivity contribution in [1.29, 1.82) is 0 Å². The molecule has 1 aromatic heterocycles. The average Bonchev–Trinajstić information content (AvgIpc) is 2.71. The van der Waals surface area contributed by atoms with E-state index in [1.54, 1.807) is 0 Å². The maximum absolute atomic E-state index is 6.34. The van der Waals surface area contributed by atoms with Crippen LogP contribution in [0.3, 0.4) is 0 Å². The molecule has 2 aliphatic rings. The van der Waals surface area contributed by atoms with Crippen molar-refractivity contribution >= 4 is 16.6 Å². The van der Waals surface area contributed by atoms with E-state index in [-0.39, 0.29) is 0 Å². The van der Waals surface area contributed by atoms with Crippen LogP contribution in [0.5, 0.6) is 0 Å². The van der Waals surface area contributed by atoms with Crippen LogP contribution in [0, 0.1) is 0 Å². The van der Waals surface area contributed by atoms with E-state index in [1.807, 2.05) is 12.1 Å². The number of anilines is 1. The fourth-order valence-electron chi connectivity index (χ4n) is 3.29. The number of nitrogen functional groups attached to an aromatic ring is 1. The molecular weight excluding hydrogens is 210 g/mol. The Labute approximate surface area is 100 Å². The molecule has 3 heteroatoms. The predicted octanol–water partition coefficient (Wildman–Crippen LogP) is 2.17. The molecular formula is C14H15N3. The standard InChI is InChI=1S/C14H15N3/c15-14-9-3-1-2-4-10(9)17-12-7-8-5-6-11(16-8)13(12)14/h1-4,8,11,16H,5-7H2,(H2,15,17). The van der Waals surface area contributed by atoms with Gasteiger partial charge in [0.15, 0.2) is 0 Å². The van der Waals surface area contributed by atoms with Crippen LogP contribution in [0.15, 0.2) is 24.3 Å². The normalized spacial score (nSPS) is 26.1. The fraction of sp³-hybridized carbons (Fsp3) is 0.357. The Kier molecular flexibility index (Phi) is 1.77. The van der Waals surface area contributed by atoms with Crippen LogP contribution in [-0.2, 0) is 6.42 Å². The smallest absolute Gasteiger partial charge is 0.0726 e. The van der Waals surface area contributed by atoms with Gasteiger partial charge in [0.05, 0.1) is 5.52 Å².